The number of fused-ring (bicyclic) bond motifs is 4. The first-order valence-corrected chi connectivity index (χ1v) is 7.26. The zero-order valence-electron chi connectivity index (χ0n) is 11.5. The molecule has 20 heavy (non-hydrogen) atoms. The summed E-state index contributed by atoms with van der Waals surface area (Å²) in [7, 11) is 0. The lowest BCUT2D eigenvalue weighted by molar-refractivity contribution is 0.237. The molecule has 1 saturated heterocycles. The molecular formula is C18H20ClN. The van der Waals surface area contributed by atoms with Gasteiger partial charge in [-0.15, -0.1) is 12.4 Å². The molecule has 1 nitrogen and oxygen atoms in total. The van der Waals surface area contributed by atoms with Crippen LogP contribution in [0.25, 0.3) is 0 Å². The van der Waals surface area contributed by atoms with Gasteiger partial charge in [0.05, 0.1) is 0 Å². The van der Waals surface area contributed by atoms with Crippen molar-refractivity contribution in [3.8, 4) is 0 Å². The van der Waals surface area contributed by atoms with E-state index in [0.29, 0.717) is 0 Å². The second-order valence-electron chi connectivity index (χ2n) is 5.90. The molecule has 2 heterocycles. The van der Waals surface area contributed by atoms with Gasteiger partial charge in [0.1, 0.15) is 0 Å². The summed E-state index contributed by atoms with van der Waals surface area (Å²) in [5.41, 5.74) is 4.63. The predicted molar refractivity (Wildman–Crippen MR) is 85.4 cm³/mol. The van der Waals surface area contributed by atoms with Crippen molar-refractivity contribution in [2.24, 2.45) is 0 Å². The van der Waals surface area contributed by atoms with Crippen molar-refractivity contribution in [3.63, 3.8) is 0 Å². The minimum Gasteiger partial charge on any atom is -0.295 e. The zero-order valence-corrected chi connectivity index (χ0v) is 12.4. The van der Waals surface area contributed by atoms with Crippen molar-refractivity contribution in [1.82, 2.24) is 4.90 Å². The standard InChI is InChI=1S/C18H19N.ClH/c1-2-6-14(7-3-1)10-17-11-16-13-19(17)12-15-8-4-5-9-18(15)16;/h1-9,16-17H,10-13H2;1H/t16?,17-;/m1./s1. The number of hydrogen-bond donors (Lipinski definition) is 0. The van der Waals surface area contributed by atoms with E-state index in [1.165, 1.54) is 24.9 Å². The Hall–Kier alpha value is -1.31. The molecule has 2 heteroatoms. The van der Waals surface area contributed by atoms with Crippen molar-refractivity contribution in [2.45, 2.75) is 31.3 Å². The first kappa shape index (κ1) is 13.7. The van der Waals surface area contributed by atoms with Crippen molar-refractivity contribution < 1.29 is 0 Å². The van der Waals surface area contributed by atoms with Crippen LogP contribution in [0.1, 0.15) is 29.0 Å². The van der Waals surface area contributed by atoms with Gasteiger partial charge in [-0.1, -0.05) is 54.6 Å². The van der Waals surface area contributed by atoms with E-state index in [4.69, 9.17) is 0 Å². The molecule has 2 aliphatic heterocycles. The summed E-state index contributed by atoms with van der Waals surface area (Å²) < 4.78 is 0. The highest BCUT2D eigenvalue weighted by Gasteiger charge is 2.37. The Kier molecular flexibility index (Phi) is 3.82. The fourth-order valence-electron chi connectivity index (χ4n) is 3.80. The predicted octanol–water partition coefficient (Wildman–Crippen LogP) is 4.02. The minimum absolute atomic E-state index is 0. The Balaban J connectivity index is 0.00000121. The van der Waals surface area contributed by atoms with Crippen LogP contribution in [-0.4, -0.2) is 17.5 Å². The third-order valence-corrected chi connectivity index (χ3v) is 4.71. The monoisotopic (exact) mass is 285 g/mol. The molecule has 2 aromatic rings. The fourth-order valence-corrected chi connectivity index (χ4v) is 3.80. The first-order chi connectivity index (χ1) is 9.40. The van der Waals surface area contributed by atoms with Crippen molar-refractivity contribution in [3.05, 3.63) is 71.3 Å². The molecule has 2 unspecified atom stereocenters. The molecule has 104 valence electrons. The normalized spacial score (nSPS) is 26.7. The van der Waals surface area contributed by atoms with Gasteiger partial charge < -0.3 is 0 Å². The molecule has 0 aliphatic carbocycles. The van der Waals surface area contributed by atoms with Crippen molar-refractivity contribution >= 4 is 12.4 Å². The number of halogens is 1. The quantitative estimate of drug-likeness (QED) is 0.805. The highest BCUT2D eigenvalue weighted by molar-refractivity contribution is 5.85. The lowest BCUT2D eigenvalue weighted by atomic mass is 9.91. The fraction of sp³-hybridized carbons (Fsp3) is 0.333. The van der Waals surface area contributed by atoms with E-state index in [0.717, 1.165) is 18.5 Å². The summed E-state index contributed by atoms with van der Waals surface area (Å²) in [5.74, 6) is 0.763. The van der Waals surface area contributed by atoms with E-state index in [2.05, 4.69) is 59.5 Å². The zero-order chi connectivity index (χ0) is 12.7. The molecule has 2 bridgehead atoms. The van der Waals surface area contributed by atoms with Crippen LogP contribution in [0.2, 0.25) is 0 Å². The second-order valence-corrected chi connectivity index (χ2v) is 5.90. The van der Waals surface area contributed by atoms with E-state index in [1.54, 1.807) is 11.1 Å². The lowest BCUT2D eigenvalue weighted by Crippen LogP contribution is -2.32. The average molecular weight is 286 g/mol. The third kappa shape index (κ3) is 2.36. The van der Waals surface area contributed by atoms with Crippen LogP contribution in [0.15, 0.2) is 54.6 Å². The van der Waals surface area contributed by atoms with Gasteiger partial charge in [-0.2, -0.15) is 0 Å². The third-order valence-electron chi connectivity index (χ3n) is 4.71. The average Bonchev–Trinajstić information content (AvgIpc) is 2.78. The number of hydrogen-bond acceptors (Lipinski definition) is 1. The number of rotatable bonds is 2. The summed E-state index contributed by atoms with van der Waals surface area (Å²) in [6, 6.07) is 20.7. The van der Waals surface area contributed by atoms with Gasteiger partial charge in [-0.05, 0) is 35.4 Å². The molecule has 1 fully saturated rings. The van der Waals surface area contributed by atoms with Crippen LogP contribution in [0.3, 0.4) is 0 Å². The molecular weight excluding hydrogens is 266 g/mol. The van der Waals surface area contributed by atoms with Gasteiger partial charge in [0, 0.05) is 19.1 Å². The minimum atomic E-state index is 0. The van der Waals surface area contributed by atoms with Crippen molar-refractivity contribution in [1.29, 1.82) is 0 Å². The smallest absolute Gasteiger partial charge is 0.0239 e. The molecule has 0 N–H and O–H groups in total. The maximum atomic E-state index is 2.68. The van der Waals surface area contributed by atoms with Gasteiger partial charge in [-0.25, -0.2) is 0 Å². The molecule has 4 rings (SSSR count). The maximum absolute atomic E-state index is 2.68. The molecule has 3 atom stereocenters. The van der Waals surface area contributed by atoms with E-state index in [1.807, 2.05) is 0 Å². The Labute approximate surface area is 127 Å². The van der Waals surface area contributed by atoms with Gasteiger partial charge in [0.2, 0.25) is 0 Å². The van der Waals surface area contributed by atoms with Crippen LogP contribution >= 0.6 is 12.4 Å². The van der Waals surface area contributed by atoms with Crippen LogP contribution in [-0.2, 0) is 13.0 Å². The van der Waals surface area contributed by atoms with Gasteiger partial charge in [0.15, 0.2) is 0 Å². The van der Waals surface area contributed by atoms with E-state index < -0.39 is 0 Å². The van der Waals surface area contributed by atoms with Crippen molar-refractivity contribution in [2.75, 3.05) is 6.54 Å². The lowest BCUT2D eigenvalue weighted by Gasteiger charge is -2.28. The summed E-state index contributed by atoms with van der Waals surface area (Å²) in [5, 5.41) is 0. The second kappa shape index (κ2) is 5.59. The Morgan fingerprint density at radius 2 is 1.70 bits per heavy atom. The maximum Gasteiger partial charge on any atom is 0.0239 e. The molecule has 0 radical (unpaired) electrons. The molecule has 0 amide bonds. The summed E-state index contributed by atoms with van der Waals surface area (Å²) in [6.07, 6.45) is 2.53. The Morgan fingerprint density at radius 3 is 2.55 bits per heavy atom. The summed E-state index contributed by atoms with van der Waals surface area (Å²) >= 11 is 0. The number of nitrogens with zero attached hydrogens (tertiary/aromatic N) is 1. The highest BCUT2D eigenvalue weighted by Crippen LogP contribution is 2.40. The van der Waals surface area contributed by atoms with Gasteiger partial charge in [-0.3, -0.25) is 4.90 Å². The molecule has 2 aliphatic rings. The summed E-state index contributed by atoms with van der Waals surface area (Å²) in [4.78, 5) is 2.68. The molecule has 0 saturated carbocycles. The summed E-state index contributed by atoms with van der Waals surface area (Å²) in [6.45, 7) is 2.40. The highest BCUT2D eigenvalue weighted by atomic mass is 35.5. The topological polar surface area (TPSA) is 3.24 Å². The van der Waals surface area contributed by atoms with E-state index >= 15 is 0 Å². The van der Waals surface area contributed by atoms with Crippen LogP contribution < -0.4 is 0 Å². The number of benzene rings is 2. The van der Waals surface area contributed by atoms with Crippen LogP contribution in [0.4, 0.5) is 0 Å². The van der Waals surface area contributed by atoms with Crippen LogP contribution in [0, 0.1) is 0 Å². The van der Waals surface area contributed by atoms with E-state index in [9.17, 15) is 0 Å². The SMILES string of the molecule is Cl.c1ccc(C[C@@H]2CC3CN2Cc2ccccc23)cc1. The molecule has 0 spiro atoms. The van der Waals surface area contributed by atoms with Gasteiger partial charge >= 0.3 is 0 Å². The van der Waals surface area contributed by atoms with Crippen LogP contribution in [0.5, 0.6) is 0 Å². The van der Waals surface area contributed by atoms with E-state index in [-0.39, 0.29) is 12.4 Å². The Bertz CT molecular complexity index is 581. The van der Waals surface area contributed by atoms with Gasteiger partial charge in [0.25, 0.3) is 0 Å². The Morgan fingerprint density at radius 1 is 0.950 bits per heavy atom. The molecule has 0 aromatic heterocycles. The largest absolute Gasteiger partial charge is 0.295 e. The first-order valence-electron chi connectivity index (χ1n) is 7.26. The molecule has 2 aromatic carbocycles.